The number of nitrogens with one attached hydrogen (secondary N) is 2. The van der Waals surface area contributed by atoms with E-state index in [1.54, 1.807) is 24.3 Å². The molecular formula is C19H16ClN5O2. The van der Waals surface area contributed by atoms with Gasteiger partial charge in [-0.2, -0.15) is 9.97 Å². The summed E-state index contributed by atoms with van der Waals surface area (Å²) >= 11 is 5.99. The van der Waals surface area contributed by atoms with Crippen LogP contribution in [0.2, 0.25) is 5.28 Å². The van der Waals surface area contributed by atoms with Crippen LogP contribution in [0, 0.1) is 0 Å². The van der Waals surface area contributed by atoms with Gasteiger partial charge >= 0.3 is 0 Å². The second-order valence-electron chi connectivity index (χ2n) is 6.06. The Kier molecular flexibility index (Phi) is 4.52. The molecule has 0 aliphatic carbocycles. The number of hydrogen-bond acceptors (Lipinski definition) is 6. The van der Waals surface area contributed by atoms with Gasteiger partial charge in [0.05, 0.1) is 6.33 Å². The van der Waals surface area contributed by atoms with Crippen molar-refractivity contribution in [3.05, 3.63) is 71.3 Å². The molecule has 4 N–H and O–H groups in total. The molecule has 136 valence electrons. The van der Waals surface area contributed by atoms with Crippen molar-refractivity contribution >= 4 is 28.6 Å². The molecule has 0 aliphatic heterocycles. The standard InChI is InChI=1S/C19H16ClN5O2/c20-19-24-17(16-18(25-19)23-10-22-16)21-9-15(11-1-5-13(26)6-2-11)12-3-7-14(27)8-4-12/h1-8,10,15,26-27H,9H2,(H2,21,22,23,24,25). The van der Waals surface area contributed by atoms with Gasteiger partial charge in [0.2, 0.25) is 5.28 Å². The van der Waals surface area contributed by atoms with Gasteiger partial charge in [-0.25, -0.2) is 4.98 Å². The van der Waals surface area contributed by atoms with Crippen molar-refractivity contribution in [3.63, 3.8) is 0 Å². The van der Waals surface area contributed by atoms with Gasteiger partial charge in [-0.1, -0.05) is 24.3 Å². The molecule has 0 unspecified atom stereocenters. The van der Waals surface area contributed by atoms with E-state index in [1.165, 1.54) is 6.33 Å². The Bertz CT molecular complexity index is 1020. The maximum atomic E-state index is 9.59. The molecule has 0 atom stereocenters. The highest BCUT2D eigenvalue weighted by molar-refractivity contribution is 6.28. The summed E-state index contributed by atoms with van der Waals surface area (Å²) in [5, 5.41) is 22.6. The maximum absolute atomic E-state index is 9.59. The summed E-state index contributed by atoms with van der Waals surface area (Å²) in [6.45, 7) is 0.511. The third-order valence-corrected chi connectivity index (χ3v) is 4.49. The molecule has 0 saturated carbocycles. The van der Waals surface area contributed by atoms with Gasteiger partial charge in [0.15, 0.2) is 11.5 Å². The lowest BCUT2D eigenvalue weighted by Gasteiger charge is -2.19. The van der Waals surface area contributed by atoms with E-state index in [0.717, 1.165) is 11.1 Å². The Hall–Kier alpha value is -3.32. The lowest BCUT2D eigenvalue weighted by atomic mass is 9.91. The Labute approximate surface area is 159 Å². The third-order valence-electron chi connectivity index (χ3n) is 4.32. The molecule has 0 saturated heterocycles. The number of aromatic hydroxyl groups is 2. The first kappa shape index (κ1) is 17.1. The van der Waals surface area contributed by atoms with Gasteiger partial charge < -0.3 is 20.5 Å². The van der Waals surface area contributed by atoms with E-state index in [0.29, 0.717) is 23.5 Å². The smallest absolute Gasteiger partial charge is 0.226 e. The lowest BCUT2D eigenvalue weighted by molar-refractivity contribution is 0.475. The van der Waals surface area contributed by atoms with Crippen LogP contribution in [0.15, 0.2) is 54.9 Å². The first-order chi connectivity index (χ1) is 13.1. The zero-order valence-electron chi connectivity index (χ0n) is 14.1. The van der Waals surface area contributed by atoms with Crippen molar-refractivity contribution in [2.45, 2.75) is 5.92 Å². The molecule has 7 nitrogen and oxygen atoms in total. The van der Waals surface area contributed by atoms with Crippen LogP contribution in [-0.4, -0.2) is 36.7 Å². The number of imidazole rings is 1. The van der Waals surface area contributed by atoms with Crippen molar-refractivity contribution < 1.29 is 10.2 Å². The molecule has 0 fully saturated rings. The van der Waals surface area contributed by atoms with E-state index in [4.69, 9.17) is 11.6 Å². The van der Waals surface area contributed by atoms with Gasteiger partial charge in [-0.05, 0) is 47.0 Å². The summed E-state index contributed by atoms with van der Waals surface area (Å²) in [5.74, 6) is 0.929. The van der Waals surface area contributed by atoms with Crippen molar-refractivity contribution in [2.24, 2.45) is 0 Å². The number of halogens is 1. The molecule has 0 amide bonds. The summed E-state index contributed by atoms with van der Waals surface area (Å²) in [6, 6.07) is 14.1. The molecule has 4 rings (SSSR count). The average Bonchev–Trinajstić information content (AvgIpc) is 3.13. The SMILES string of the molecule is Oc1ccc(C(CNc2nc(Cl)nc3nc[nH]c23)c2ccc(O)cc2)cc1. The number of aromatic nitrogens is 4. The van der Waals surface area contributed by atoms with Gasteiger partial charge in [0, 0.05) is 12.5 Å². The van der Waals surface area contributed by atoms with Crippen LogP contribution in [0.5, 0.6) is 11.5 Å². The van der Waals surface area contributed by atoms with Crippen LogP contribution in [0.25, 0.3) is 11.2 Å². The fourth-order valence-corrected chi connectivity index (χ4v) is 3.14. The highest BCUT2D eigenvalue weighted by atomic mass is 35.5. The summed E-state index contributed by atoms with van der Waals surface area (Å²) in [7, 11) is 0. The zero-order chi connectivity index (χ0) is 18.8. The Morgan fingerprint density at radius 1 is 0.926 bits per heavy atom. The molecule has 27 heavy (non-hydrogen) atoms. The molecule has 0 radical (unpaired) electrons. The quantitative estimate of drug-likeness (QED) is 0.393. The third kappa shape index (κ3) is 3.63. The molecule has 0 spiro atoms. The average molecular weight is 382 g/mol. The number of aromatic amines is 1. The van der Waals surface area contributed by atoms with Crippen molar-refractivity contribution in [2.75, 3.05) is 11.9 Å². The maximum Gasteiger partial charge on any atom is 0.226 e. The van der Waals surface area contributed by atoms with Crippen LogP contribution in [0.1, 0.15) is 17.0 Å². The Balaban J connectivity index is 1.67. The predicted molar refractivity (Wildman–Crippen MR) is 103 cm³/mol. The summed E-state index contributed by atoms with van der Waals surface area (Å²) in [5.41, 5.74) is 3.18. The molecule has 2 aromatic carbocycles. The van der Waals surface area contributed by atoms with E-state index in [9.17, 15) is 10.2 Å². The fraction of sp³-hybridized carbons (Fsp3) is 0.105. The van der Waals surface area contributed by atoms with E-state index in [2.05, 4.69) is 25.3 Å². The van der Waals surface area contributed by atoms with Crippen molar-refractivity contribution in [1.82, 2.24) is 19.9 Å². The molecule has 0 bridgehead atoms. The molecule has 4 aromatic rings. The lowest BCUT2D eigenvalue weighted by Crippen LogP contribution is -2.15. The summed E-state index contributed by atoms with van der Waals surface area (Å²) in [6.07, 6.45) is 1.54. The van der Waals surface area contributed by atoms with E-state index in [-0.39, 0.29) is 22.7 Å². The van der Waals surface area contributed by atoms with Gasteiger partial charge in [-0.15, -0.1) is 0 Å². The predicted octanol–water partition coefficient (Wildman–Crippen LogP) is 3.66. The first-order valence-corrected chi connectivity index (χ1v) is 8.66. The molecule has 8 heteroatoms. The Morgan fingerprint density at radius 2 is 1.52 bits per heavy atom. The van der Waals surface area contributed by atoms with Crippen LogP contribution < -0.4 is 5.32 Å². The molecule has 2 aromatic heterocycles. The monoisotopic (exact) mass is 381 g/mol. The van der Waals surface area contributed by atoms with Crippen molar-refractivity contribution in [1.29, 1.82) is 0 Å². The second-order valence-corrected chi connectivity index (χ2v) is 6.40. The largest absolute Gasteiger partial charge is 0.508 e. The first-order valence-electron chi connectivity index (χ1n) is 8.28. The summed E-state index contributed by atoms with van der Waals surface area (Å²) < 4.78 is 0. The number of hydrogen-bond donors (Lipinski definition) is 4. The van der Waals surface area contributed by atoms with Gasteiger partial charge in [-0.3, -0.25) is 0 Å². The second kappa shape index (κ2) is 7.13. The number of phenolic OH excluding ortho intramolecular Hbond substituents is 2. The van der Waals surface area contributed by atoms with Crippen LogP contribution in [0.4, 0.5) is 5.82 Å². The number of benzene rings is 2. The Morgan fingerprint density at radius 3 is 2.11 bits per heavy atom. The number of anilines is 1. The number of H-pyrrole nitrogens is 1. The van der Waals surface area contributed by atoms with Gasteiger partial charge in [0.25, 0.3) is 0 Å². The normalized spacial score (nSPS) is 11.2. The number of nitrogens with zero attached hydrogens (tertiary/aromatic N) is 3. The molecule has 0 aliphatic rings. The van der Waals surface area contributed by atoms with E-state index >= 15 is 0 Å². The van der Waals surface area contributed by atoms with Crippen LogP contribution in [-0.2, 0) is 0 Å². The minimum absolute atomic E-state index is 0.0436. The molecular weight excluding hydrogens is 366 g/mol. The van der Waals surface area contributed by atoms with Crippen LogP contribution in [0.3, 0.4) is 0 Å². The van der Waals surface area contributed by atoms with E-state index < -0.39 is 0 Å². The van der Waals surface area contributed by atoms with Crippen LogP contribution >= 0.6 is 11.6 Å². The van der Waals surface area contributed by atoms with E-state index in [1.807, 2.05) is 24.3 Å². The number of phenols is 2. The highest BCUT2D eigenvalue weighted by Gasteiger charge is 2.16. The summed E-state index contributed by atoms with van der Waals surface area (Å²) in [4.78, 5) is 15.5. The number of rotatable bonds is 5. The van der Waals surface area contributed by atoms with Gasteiger partial charge in [0.1, 0.15) is 17.0 Å². The highest BCUT2D eigenvalue weighted by Crippen LogP contribution is 2.28. The minimum Gasteiger partial charge on any atom is -0.508 e. The topological polar surface area (TPSA) is 107 Å². The minimum atomic E-state index is -0.0436. The zero-order valence-corrected chi connectivity index (χ0v) is 14.9. The fourth-order valence-electron chi connectivity index (χ4n) is 2.97. The number of fused-ring (bicyclic) bond motifs is 1. The van der Waals surface area contributed by atoms with Crippen molar-refractivity contribution in [3.8, 4) is 11.5 Å². The molecule has 2 heterocycles.